The number of rotatable bonds is 6. The second kappa shape index (κ2) is 6.40. The molecule has 0 saturated heterocycles. The van der Waals surface area contributed by atoms with Crippen LogP contribution in [0.2, 0.25) is 0 Å². The van der Waals surface area contributed by atoms with Crippen LogP contribution in [0.5, 0.6) is 0 Å². The highest BCUT2D eigenvalue weighted by molar-refractivity contribution is 9.10. The van der Waals surface area contributed by atoms with Gasteiger partial charge >= 0.3 is 0 Å². The minimum atomic E-state index is -3.50. The molecule has 2 aromatic rings. The zero-order valence-electron chi connectivity index (χ0n) is 11.1. The smallest absolute Gasteiger partial charge is 0.275 e. The highest BCUT2D eigenvalue weighted by atomic mass is 79.9. The molecule has 8 heteroatoms. The molecule has 0 spiro atoms. The van der Waals surface area contributed by atoms with Crippen LogP contribution in [0, 0.1) is 0 Å². The van der Waals surface area contributed by atoms with Crippen molar-refractivity contribution in [2.75, 3.05) is 14.1 Å². The molecule has 0 bridgehead atoms. The normalized spacial score (nSPS) is 12.2. The van der Waals surface area contributed by atoms with Crippen molar-refractivity contribution in [3.05, 3.63) is 38.7 Å². The quantitative estimate of drug-likeness (QED) is 0.838. The van der Waals surface area contributed by atoms with Gasteiger partial charge in [-0.2, -0.15) is 0 Å². The number of sulfonamides is 1. The summed E-state index contributed by atoms with van der Waals surface area (Å²) in [6, 6.07) is 5.20. The Kier molecular flexibility index (Phi) is 5.03. The number of halogens is 1. The Hall–Kier alpha value is -0.670. The summed E-state index contributed by atoms with van der Waals surface area (Å²) in [5.74, 6) is 0.598. The van der Waals surface area contributed by atoms with Gasteiger partial charge in [-0.15, -0.1) is 11.3 Å². The summed E-state index contributed by atoms with van der Waals surface area (Å²) in [6.07, 6.45) is 0. The number of nitrogens with zero attached hydrogens (tertiary/aromatic N) is 1. The summed E-state index contributed by atoms with van der Waals surface area (Å²) in [7, 11) is -0.542. The van der Waals surface area contributed by atoms with E-state index in [2.05, 4.69) is 21.2 Å². The summed E-state index contributed by atoms with van der Waals surface area (Å²) in [4.78, 5) is 1.20. The van der Waals surface area contributed by atoms with Crippen molar-refractivity contribution in [3.8, 4) is 0 Å². The van der Waals surface area contributed by atoms with E-state index in [4.69, 9.17) is 4.42 Å². The Morgan fingerprint density at radius 1 is 1.35 bits per heavy atom. The fraction of sp³-hybridized carbons (Fsp3) is 0.333. The first-order valence-corrected chi connectivity index (χ1v) is 8.96. The van der Waals surface area contributed by atoms with Crippen molar-refractivity contribution in [3.63, 3.8) is 0 Å². The van der Waals surface area contributed by atoms with Crippen LogP contribution >= 0.6 is 27.3 Å². The van der Waals surface area contributed by atoms with Crippen LogP contribution in [0.3, 0.4) is 0 Å². The molecule has 0 atom stereocenters. The third kappa shape index (κ3) is 3.70. The zero-order valence-corrected chi connectivity index (χ0v) is 14.3. The van der Waals surface area contributed by atoms with E-state index in [-0.39, 0.29) is 5.09 Å². The van der Waals surface area contributed by atoms with Gasteiger partial charge in [-0.1, -0.05) is 0 Å². The third-order valence-electron chi connectivity index (χ3n) is 2.59. The van der Waals surface area contributed by atoms with Crippen molar-refractivity contribution in [2.24, 2.45) is 0 Å². The van der Waals surface area contributed by atoms with Crippen LogP contribution < -0.4 is 5.32 Å². The molecule has 0 unspecified atom stereocenters. The van der Waals surface area contributed by atoms with Crippen LogP contribution in [0.1, 0.15) is 10.6 Å². The van der Waals surface area contributed by atoms with Gasteiger partial charge in [0.15, 0.2) is 0 Å². The SMILES string of the molecule is CN(C)S(=O)(=O)c1ccc(CNCc2cc(Br)cs2)o1. The zero-order chi connectivity index (χ0) is 14.8. The van der Waals surface area contributed by atoms with Crippen LogP contribution in [0.4, 0.5) is 0 Å². The largest absolute Gasteiger partial charge is 0.447 e. The number of nitrogens with one attached hydrogen (secondary N) is 1. The van der Waals surface area contributed by atoms with Crippen molar-refractivity contribution in [1.82, 2.24) is 9.62 Å². The van der Waals surface area contributed by atoms with E-state index < -0.39 is 10.0 Å². The number of hydrogen-bond donors (Lipinski definition) is 1. The molecule has 0 aliphatic carbocycles. The van der Waals surface area contributed by atoms with E-state index in [0.717, 1.165) is 8.78 Å². The second-order valence-corrected chi connectivity index (χ2v) is 8.34. The predicted octanol–water partition coefficient (Wildman–Crippen LogP) is 2.64. The van der Waals surface area contributed by atoms with Gasteiger partial charge in [0.25, 0.3) is 10.0 Å². The minimum Gasteiger partial charge on any atom is -0.447 e. The van der Waals surface area contributed by atoms with Gasteiger partial charge in [0, 0.05) is 35.4 Å². The maximum absolute atomic E-state index is 11.9. The molecule has 2 rings (SSSR count). The Morgan fingerprint density at radius 2 is 2.10 bits per heavy atom. The fourth-order valence-corrected chi connectivity index (χ4v) is 3.76. The molecular formula is C12H15BrN2O3S2. The standard InChI is InChI=1S/C12H15BrN2O3S2/c1-15(2)20(16,17)12-4-3-10(18-12)6-14-7-11-5-9(13)8-19-11/h3-5,8,14H,6-7H2,1-2H3. The molecule has 2 aromatic heterocycles. The average molecular weight is 379 g/mol. The molecular weight excluding hydrogens is 364 g/mol. The van der Waals surface area contributed by atoms with Crippen molar-refractivity contribution >= 4 is 37.3 Å². The lowest BCUT2D eigenvalue weighted by Crippen LogP contribution is -2.21. The lowest BCUT2D eigenvalue weighted by Gasteiger charge is -2.07. The first kappa shape index (κ1) is 15.7. The molecule has 0 amide bonds. The Labute approximate surface area is 130 Å². The van der Waals surface area contributed by atoms with Crippen LogP contribution in [-0.2, 0) is 23.1 Å². The van der Waals surface area contributed by atoms with Gasteiger partial charge in [-0.05, 0) is 34.1 Å². The van der Waals surface area contributed by atoms with Crippen LogP contribution in [0.15, 0.2) is 37.6 Å². The summed E-state index contributed by atoms with van der Waals surface area (Å²) in [5, 5.41) is 5.20. The Bertz CT molecular complexity index is 676. The van der Waals surface area contributed by atoms with Gasteiger partial charge in [0.05, 0.1) is 6.54 Å². The lowest BCUT2D eigenvalue weighted by molar-refractivity contribution is 0.389. The lowest BCUT2D eigenvalue weighted by atomic mass is 10.4. The molecule has 0 saturated carbocycles. The number of thiophene rings is 1. The van der Waals surface area contributed by atoms with Crippen molar-refractivity contribution < 1.29 is 12.8 Å². The van der Waals surface area contributed by atoms with E-state index in [1.807, 2.05) is 11.4 Å². The van der Waals surface area contributed by atoms with Gasteiger partial charge in [0.1, 0.15) is 5.76 Å². The molecule has 0 aromatic carbocycles. The van der Waals surface area contributed by atoms with E-state index >= 15 is 0 Å². The maximum atomic E-state index is 11.9. The highest BCUT2D eigenvalue weighted by Crippen LogP contribution is 2.20. The maximum Gasteiger partial charge on any atom is 0.275 e. The molecule has 110 valence electrons. The van der Waals surface area contributed by atoms with E-state index in [0.29, 0.717) is 18.8 Å². The summed E-state index contributed by atoms with van der Waals surface area (Å²) >= 11 is 5.06. The third-order valence-corrected chi connectivity index (χ3v) is 5.98. The molecule has 0 fully saturated rings. The molecule has 0 radical (unpaired) electrons. The van der Waals surface area contributed by atoms with Crippen LogP contribution in [0.25, 0.3) is 0 Å². The molecule has 1 N–H and O–H groups in total. The Balaban J connectivity index is 1.93. The number of furan rings is 1. The van der Waals surface area contributed by atoms with E-state index in [9.17, 15) is 8.42 Å². The van der Waals surface area contributed by atoms with Gasteiger partial charge < -0.3 is 9.73 Å². The molecule has 20 heavy (non-hydrogen) atoms. The fourth-order valence-electron chi connectivity index (χ4n) is 1.53. The topological polar surface area (TPSA) is 62.6 Å². The van der Waals surface area contributed by atoms with E-state index in [1.54, 1.807) is 17.4 Å². The molecule has 5 nitrogen and oxygen atoms in total. The highest BCUT2D eigenvalue weighted by Gasteiger charge is 2.21. The second-order valence-electron chi connectivity index (χ2n) is 4.34. The molecule has 2 heterocycles. The molecule has 0 aliphatic rings. The summed E-state index contributed by atoms with van der Waals surface area (Å²) < 4.78 is 31.3. The van der Waals surface area contributed by atoms with Gasteiger partial charge in [-0.25, -0.2) is 12.7 Å². The Morgan fingerprint density at radius 3 is 2.70 bits per heavy atom. The van der Waals surface area contributed by atoms with Crippen molar-refractivity contribution in [2.45, 2.75) is 18.2 Å². The van der Waals surface area contributed by atoms with Gasteiger partial charge in [0.2, 0.25) is 5.09 Å². The first-order valence-electron chi connectivity index (χ1n) is 5.84. The first-order chi connectivity index (χ1) is 9.39. The van der Waals surface area contributed by atoms with Gasteiger partial charge in [-0.3, -0.25) is 0 Å². The minimum absolute atomic E-state index is 0.0295. The van der Waals surface area contributed by atoms with Crippen molar-refractivity contribution in [1.29, 1.82) is 0 Å². The van der Waals surface area contributed by atoms with Crippen LogP contribution in [-0.4, -0.2) is 26.8 Å². The van der Waals surface area contributed by atoms with E-state index in [1.165, 1.54) is 25.0 Å². The summed E-state index contributed by atoms with van der Waals surface area (Å²) in [6.45, 7) is 1.20. The summed E-state index contributed by atoms with van der Waals surface area (Å²) in [5.41, 5.74) is 0. The average Bonchev–Trinajstić information content (AvgIpc) is 2.99. The predicted molar refractivity (Wildman–Crippen MR) is 82.1 cm³/mol. The molecule has 0 aliphatic heterocycles. The number of hydrogen-bond acceptors (Lipinski definition) is 5. The monoisotopic (exact) mass is 378 g/mol.